The molecule has 0 aromatic heterocycles. The van der Waals surface area contributed by atoms with Gasteiger partial charge in [0, 0.05) is 24.9 Å². The number of non-ortho nitro benzene ring substituents is 1. The van der Waals surface area contributed by atoms with Gasteiger partial charge in [-0.3, -0.25) is 10.1 Å². The lowest BCUT2D eigenvalue weighted by atomic mass is 10.3. The summed E-state index contributed by atoms with van der Waals surface area (Å²) >= 11 is 0. The van der Waals surface area contributed by atoms with E-state index in [0.717, 1.165) is 0 Å². The Morgan fingerprint density at radius 1 is 1.09 bits per heavy atom. The minimum Gasteiger partial charge on any atom is -0.457 e. The maximum Gasteiger partial charge on any atom is 0.321 e. The van der Waals surface area contributed by atoms with Gasteiger partial charge in [0.15, 0.2) is 0 Å². The summed E-state index contributed by atoms with van der Waals surface area (Å²) in [6, 6.07) is 12.1. The Labute approximate surface area is 132 Å². The number of hydrogen-bond donors (Lipinski definition) is 2. The van der Waals surface area contributed by atoms with E-state index in [1.165, 1.54) is 31.4 Å². The third kappa shape index (κ3) is 4.97. The highest BCUT2D eigenvalue weighted by atomic mass is 16.6. The molecule has 2 rings (SSSR count). The van der Waals surface area contributed by atoms with Crippen molar-refractivity contribution in [1.82, 2.24) is 5.32 Å². The molecule has 0 radical (unpaired) electrons. The van der Waals surface area contributed by atoms with Crippen LogP contribution in [0.5, 0.6) is 11.5 Å². The smallest absolute Gasteiger partial charge is 0.321 e. The summed E-state index contributed by atoms with van der Waals surface area (Å²) in [5, 5.41) is 15.7. The van der Waals surface area contributed by atoms with Crippen LogP contribution in [0.3, 0.4) is 0 Å². The van der Waals surface area contributed by atoms with Crippen LogP contribution in [-0.4, -0.2) is 24.8 Å². The molecule has 0 fully saturated rings. The second-order valence-corrected chi connectivity index (χ2v) is 4.44. The van der Waals surface area contributed by atoms with Crippen LogP contribution >= 0.6 is 0 Å². The third-order valence-electron chi connectivity index (χ3n) is 2.77. The fourth-order valence-corrected chi connectivity index (χ4v) is 1.69. The molecular weight excluding hydrogens is 302 g/mol. The van der Waals surface area contributed by atoms with Gasteiger partial charge < -0.3 is 20.1 Å². The van der Waals surface area contributed by atoms with Crippen molar-refractivity contribution >= 4 is 17.4 Å². The summed E-state index contributed by atoms with van der Waals surface area (Å²) in [5.41, 5.74) is 0.591. The molecule has 0 saturated carbocycles. The van der Waals surface area contributed by atoms with Gasteiger partial charge in [0.2, 0.25) is 0 Å². The number of hydrogen-bond acceptors (Lipinski definition) is 5. The molecule has 0 aliphatic heterocycles. The zero-order chi connectivity index (χ0) is 16.7. The summed E-state index contributed by atoms with van der Waals surface area (Å²) in [7, 11) is 1.48. The number of ether oxygens (including phenoxy) is 2. The Balaban J connectivity index is 1.94. The van der Waals surface area contributed by atoms with Crippen LogP contribution in [0.2, 0.25) is 0 Å². The number of nitro groups is 1. The summed E-state index contributed by atoms with van der Waals surface area (Å²) in [6.45, 7) is 0.118. The highest BCUT2D eigenvalue weighted by Gasteiger charge is 2.05. The van der Waals surface area contributed by atoms with Crippen LogP contribution in [0.25, 0.3) is 0 Å². The van der Waals surface area contributed by atoms with Crippen LogP contribution in [0, 0.1) is 10.1 Å². The third-order valence-corrected chi connectivity index (χ3v) is 2.77. The minimum atomic E-state index is -0.473. The second-order valence-electron chi connectivity index (χ2n) is 4.44. The number of rotatable bonds is 6. The number of carbonyl (C=O) groups excluding carboxylic acids is 1. The molecule has 0 spiro atoms. The largest absolute Gasteiger partial charge is 0.457 e. The van der Waals surface area contributed by atoms with Crippen LogP contribution in [-0.2, 0) is 4.74 Å². The summed E-state index contributed by atoms with van der Waals surface area (Å²) in [5.74, 6) is 1.02. The zero-order valence-electron chi connectivity index (χ0n) is 12.3. The molecule has 0 aliphatic rings. The number of urea groups is 1. The first kappa shape index (κ1) is 16.2. The topological polar surface area (TPSA) is 103 Å². The molecule has 0 heterocycles. The van der Waals surface area contributed by atoms with Crippen LogP contribution < -0.4 is 15.4 Å². The summed E-state index contributed by atoms with van der Waals surface area (Å²) in [4.78, 5) is 21.6. The van der Waals surface area contributed by atoms with Crippen molar-refractivity contribution in [3.8, 4) is 11.5 Å². The zero-order valence-corrected chi connectivity index (χ0v) is 12.3. The monoisotopic (exact) mass is 317 g/mol. The molecule has 8 nitrogen and oxygen atoms in total. The molecule has 8 heteroatoms. The van der Waals surface area contributed by atoms with Gasteiger partial charge in [-0.1, -0.05) is 0 Å². The van der Waals surface area contributed by atoms with E-state index in [1.807, 2.05) is 0 Å². The van der Waals surface area contributed by atoms with Crippen molar-refractivity contribution in [3.63, 3.8) is 0 Å². The van der Waals surface area contributed by atoms with Gasteiger partial charge in [-0.05, 0) is 36.4 Å². The Hall–Kier alpha value is -3.13. The maximum absolute atomic E-state index is 11.4. The maximum atomic E-state index is 11.4. The first-order chi connectivity index (χ1) is 11.1. The normalized spacial score (nSPS) is 9.96. The first-order valence-electron chi connectivity index (χ1n) is 6.64. The Morgan fingerprint density at radius 2 is 1.65 bits per heavy atom. The molecule has 0 saturated heterocycles. The van der Waals surface area contributed by atoms with Gasteiger partial charge in [0.25, 0.3) is 5.69 Å². The Morgan fingerprint density at radius 3 is 2.17 bits per heavy atom. The SMILES string of the molecule is COCNC(=O)Nc1ccc(Oc2ccc([N+](=O)[O-])cc2)cc1. The molecule has 2 N–H and O–H groups in total. The van der Waals surface area contributed by atoms with E-state index >= 15 is 0 Å². The Bertz CT molecular complexity index is 671. The number of anilines is 1. The van der Waals surface area contributed by atoms with E-state index in [1.54, 1.807) is 24.3 Å². The van der Waals surface area contributed by atoms with Gasteiger partial charge >= 0.3 is 6.03 Å². The molecule has 0 atom stereocenters. The highest BCUT2D eigenvalue weighted by molar-refractivity contribution is 5.89. The van der Waals surface area contributed by atoms with Gasteiger partial charge in [-0.25, -0.2) is 4.79 Å². The van der Waals surface area contributed by atoms with E-state index in [-0.39, 0.29) is 18.4 Å². The molecule has 0 unspecified atom stereocenters. The Kier molecular flexibility index (Phi) is 5.48. The van der Waals surface area contributed by atoms with Crippen molar-refractivity contribution in [2.45, 2.75) is 0 Å². The van der Waals surface area contributed by atoms with Gasteiger partial charge in [-0.2, -0.15) is 0 Å². The second kappa shape index (κ2) is 7.76. The van der Waals surface area contributed by atoms with Gasteiger partial charge in [0.05, 0.1) is 4.92 Å². The predicted octanol–water partition coefficient (Wildman–Crippen LogP) is 3.11. The molecular formula is C15H15N3O5. The van der Waals surface area contributed by atoms with E-state index in [9.17, 15) is 14.9 Å². The van der Waals surface area contributed by atoms with Crippen molar-refractivity contribution in [3.05, 3.63) is 58.6 Å². The number of nitro benzene ring substituents is 1. The lowest BCUT2D eigenvalue weighted by molar-refractivity contribution is -0.384. The highest BCUT2D eigenvalue weighted by Crippen LogP contribution is 2.24. The quantitative estimate of drug-likeness (QED) is 0.484. The molecule has 2 aromatic rings. The predicted molar refractivity (Wildman–Crippen MR) is 83.6 cm³/mol. The average Bonchev–Trinajstić information content (AvgIpc) is 2.55. The summed E-state index contributed by atoms with van der Waals surface area (Å²) < 4.78 is 10.3. The number of nitrogens with zero attached hydrogens (tertiary/aromatic N) is 1. The fraction of sp³-hybridized carbons (Fsp3) is 0.133. The average molecular weight is 317 g/mol. The number of nitrogens with one attached hydrogen (secondary N) is 2. The van der Waals surface area contributed by atoms with Crippen LogP contribution in [0.15, 0.2) is 48.5 Å². The van der Waals surface area contributed by atoms with Crippen molar-refractivity contribution in [2.24, 2.45) is 0 Å². The first-order valence-corrected chi connectivity index (χ1v) is 6.64. The van der Waals surface area contributed by atoms with Gasteiger partial charge in [-0.15, -0.1) is 0 Å². The fourth-order valence-electron chi connectivity index (χ4n) is 1.69. The molecule has 120 valence electrons. The lowest BCUT2D eigenvalue weighted by Crippen LogP contribution is -2.30. The number of benzene rings is 2. The van der Waals surface area contributed by atoms with Crippen molar-refractivity contribution in [1.29, 1.82) is 0 Å². The molecule has 0 bridgehead atoms. The van der Waals surface area contributed by atoms with Crippen molar-refractivity contribution < 1.29 is 19.2 Å². The van der Waals surface area contributed by atoms with E-state index in [4.69, 9.17) is 9.47 Å². The van der Waals surface area contributed by atoms with Crippen LogP contribution in [0.1, 0.15) is 0 Å². The molecule has 2 aromatic carbocycles. The number of amides is 2. The molecule has 23 heavy (non-hydrogen) atoms. The van der Waals surface area contributed by atoms with E-state index in [0.29, 0.717) is 17.2 Å². The van der Waals surface area contributed by atoms with Crippen molar-refractivity contribution in [2.75, 3.05) is 19.2 Å². The van der Waals surface area contributed by atoms with Crippen LogP contribution in [0.4, 0.5) is 16.2 Å². The van der Waals surface area contributed by atoms with Gasteiger partial charge in [0.1, 0.15) is 18.2 Å². The lowest BCUT2D eigenvalue weighted by Gasteiger charge is -2.08. The number of carbonyl (C=O) groups is 1. The molecule has 2 amide bonds. The molecule has 0 aliphatic carbocycles. The van der Waals surface area contributed by atoms with E-state index in [2.05, 4.69) is 10.6 Å². The summed E-state index contributed by atoms with van der Waals surface area (Å²) in [6.07, 6.45) is 0. The minimum absolute atomic E-state index is 0.000954. The standard InChI is InChI=1S/C15H15N3O5/c1-22-10-16-15(19)17-11-2-6-13(7-3-11)23-14-8-4-12(5-9-14)18(20)21/h2-9H,10H2,1H3,(H2,16,17,19). The number of methoxy groups -OCH3 is 1. The van der Waals surface area contributed by atoms with E-state index < -0.39 is 4.92 Å².